The third kappa shape index (κ3) is 10.5. The fourth-order valence-electron chi connectivity index (χ4n) is 2.58. The van der Waals surface area contributed by atoms with Crippen molar-refractivity contribution in [1.82, 2.24) is 0 Å². The maximum absolute atomic E-state index is 10.9. The summed E-state index contributed by atoms with van der Waals surface area (Å²) in [6.07, 6.45) is 0. The van der Waals surface area contributed by atoms with E-state index in [0.29, 0.717) is 14.9 Å². The first-order valence-electron chi connectivity index (χ1n) is 9.57. The first-order chi connectivity index (χ1) is 16.2. The van der Waals surface area contributed by atoms with Crippen LogP contribution >= 0.6 is 91.0 Å². The standard InChI is InChI=1S/C12H7BrClNO2S.C12H9BrClNS.ClH.Fe/c13-8-1-4-10(5-2-8)18-12-7-9(14)3-6-11(12)15(16)17;13-8-1-4-10(5-2-8)16-12-7-9(14)3-6-11(12)15;;/h1-7H;1-7H,15H2;1H;. The minimum absolute atomic E-state index is 0. The Hall–Kier alpha value is -0.871. The van der Waals surface area contributed by atoms with Gasteiger partial charge in [0.15, 0.2) is 0 Å². The number of hydrogen-bond donors (Lipinski definition) is 1. The Labute approximate surface area is 261 Å². The van der Waals surface area contributed by atoms with Crippen LogP contribution < -0.4 is 5.73 Å². The summed E-state index contributed by atoms with van der Waals surface area (Å²) in [7, 11) is 0. The van der Waals surface area contributed by atoms with Gasteiger partial charge in [-0.2, -0.15) is 0 Å². The van der Waals surface area contributed by atoms with Crippen molar-refractivity contribution in [2.24, 2.45) is 0 Å². The van der Waals surface area contributed by atoms with Gasteiger partial charge in [-0.25, -0.2) is 0 Å². The second-order valence-corrected chi connectivity index (χ2v) is 11.6. The Kier molecular flexibility index (Phi) is 14.9. The number of anilines is 1. The van der Waals surface area contributed by atoms with Gasteiger partial charge in [0.05, 0.1) is 9.82 Å². The van der Waals surface area contributed by atoms with Gasteiger partial charge in [0.25, 0.3) is 5.69 Å². The van der Waals surface area contributed by atoms with E-state index in [1.807, 2.05) is 60.7 Å². The molecule has 4 aromatic carbocycles. The molecule has 0 saturated carbocycles. The Morgan fingerprint density at radius 3 is 1.61 bits per heavy atom. The van der Waals surface area contributed by atoms with Gasteiger partial charge in [0.2, 0.25) is 0 Å². The van der Waals surface area contributed by atoms with Crippen LogP contribution in [-0.4, -0.2) is 4.92 Å². The molecule has 0 radical (unpaired) electrons. The zero-order valence-electron chi connectivity index (χ0n) is 18.0. The van der Waals surface area contributed by atoms with E-state index in [2.05, 4.69) is 31.9 Å². The van der Waals surface area contributed by atoms with Gasteiger partial charge in [-0.05, 0) is 78.9 Å². The molecule has 190 valence electrons. The third-order valence-corrected chi connectivity index (χ3v) is 7.84. The van der Waals surface area contributed by atoms with Crippen LogP contribution in [0.5, 0.6) is 0 Å². The smallest absolute Gasteiger partial charge is 0.283 e. The molecule has 4 rings (SSSR count). The number of benzene rings is 4. The summed E-state index contributed by atoms with van der Waals surface area (Å²) >= 11 is 21.5. The fourth-order valence-corrected chi connectivity index (χ4v) is 5.44. The van der Waals surface area contributed by atoms with E-state index >= 15 is 0 Å². The first-order valence-corrected chi connectivity index (χ1v) is 13.5. The molecule has 0 saturated heterocycles. The minimum atomic E-state index is -0.405. The van der Waals surface area contributed by atoms with E-state index in [1.54, 1.807) is 23.9 Å². The molecule has 0 aromatic heterocycles. The molecule has 36 heavy (non-hydrogen) atoms. The number of nitro groups is 1. The zero-order valence-corrected chi connectivity index (χ0v) is 26.3. The molecule has 0 fully saturated rings. The fraction of sp³-hybridized carbons (Fsp3) is 0. The van der Waals surface area contributed by atoms with Gasteiger partial charge in [0, 0.05) is 62.5 Å². The largest absolute Gasteiger partial charge is 0.398 e. The summed E-state index contributed by atoms with van der Waals surface area (Å²) < 4.78 is 2.03. The van der Waals surface area contributed by atoms with Crippen molar-refractivity contribution in [3.8, 4) is 0 Å². The van der Waals surface area contributed by atoms with E-state index in [9.17, 15) is 10.1 Å². The number of nitrogen functional groups attached to an aromatic ring is 1. The second-order valence-electron chi connectivity index (χ2n) is 6.66. The maximum atomic E-state index is 10.9. The van der Waals surface area contributed by atoms with Crippen molar-refractivity contribution in [2.45, 2.75) is 19.6 Å². The molecule has 0 atom stereocenters. The molecule has 0 heterocycles. The number of rotatable bonds is 5. The summed E-state index contributed by atoms with van der Waals surface area (Å²) in [5.74, 6) is 0. The van der Waals surface area contributed by atoms with Crippen molar-refractivity contribution in [3.05, 3.63) is 114 Å². The molecule has 0 amide bonds. The Bertz CT molecular complexity index is 1300. The molecule has 0 aliphatic rings. The molecule has 0 bridgehead atoms. The van der Waals surface area contributed by atoms with E-state index in [0.717, 1.165) is 29.3 Å². The molecule has 0 unspecified atom stereocenters. The monoisotopic (exact) mass is 748 g/mol. The zero-order chi connectivity index (χ0) is 24.7. The van der Waals surface area contributed by atoms with Crippen molar-refractivity contribution >= 4 is 102 Å². The predicted molar refractivity (Wildman–Crippen MR) is 158 cm³/mol. The molecular formula is C24H17Br2Cl3FeN2O2S2. The SMILES string of the molecule is Cl.Nc1ccc(Cl)cc1Sc1ccc(Br)cc1.O=[N+]([O-])c1ccc(Cl)cc1Sc1ccc(Br)cc1.[Fe]. The number of nitro benzene ring substituents is 1. The number of nitrogens with zero attached hydrogens (tertiary/aromatic N) is 1. The van der Waals surface area contributed by atoms with Crippen LogP contribution in [0.4, 0.5) is 11.4 Å². The Balaban J connectivity index is 0.000000343. The predicted octanol–water partition coefficient (Wildman–Crippen LogP) is 10.4. The number of halogens is 5. The van der Waals surface area contributed by atoms with Gasteiger partial charge < -0.3 is 5.73 Å². The van der Waals surface area contributed by atoms with Crippen LogP contribution in [0.1, 0.15) is 0 Å². The minimum Gasteiger partial charge on any atom is -0.398 e. The Morgan fingerprint density at radius 1 is 0.722 bits per heavy atom. The summed E-state index contributed by atoms with van der Waals surface area (Å²) in [6.45, 7) is 0. The third-order valence-electron chi connectivity index (χ3n) is 4.18. The summed E-state index contributed by atoms with van der Waals surface area (Å²) in [5.41, 5.74) is 6.69. The normalized spacial score (nSPS) is 9.78. The average molecular weight is 752 g/mol. The van der Waals surface area contributed by atoms with Crippen LogP contribution in [0, 0.1) is 10.1 Å². The van der Waals surface area contributed by atoms with E-state index in [1.165, 1.54) is 23.9 Å². The molecule has 4 aromatic rings. The van der Waals surface area contributed by atoms with Crippen molar-refractivity contribution in [1.29, 1.82) is 0 Å². The van der Waals surface area contributed by atoms with E-state index in [-0.39, 0.29) is 35.2 Å². The molecule has 0 aliphatic carbocycles. The molecule has 4 nitrogen and oxygen atoms in total. The van der Waals surface area contributed by atoms with Gasteiger partial charge in [0.1, 0.15) is 0 Å². The van der Waals surface area contributed by atoms with Gasteiger partial charge in [-0.15, -0.1) is 12.4 Å². The molecule has 0 spiro atoms. The van der Waals surface area contributed by atoms with Gasteiger partial charge in [-0.3, -0.25) is 10.1 Å². The second kappa shape index (κ2) is 16.2. The van der Waals surface area contributed by atoms with Crippen molar-refractivity contribution in [2.75, 3.05) is 5.73 Å². The van der Waals surface area contributed by atoms with Crippen molar-refractivity contribution < 1.29 is 22.0 Å². The quantitative estimate of drug-likeness (QED) is 0.0952. The van der Waals surface area contributed by atoms with Gasteiger partial charge in [-0.1, -0.05) is 78.6 Å². The molecule has 2 N–H and O–H groups in total. The van der Waals surface area contributed by atoms with E-state index in [4.69, 9.17) is 28.9 Å². The topological polar surface area (TPSA) is 69.2 Å². The maximum Gasteiger partial charge on any atom is 0.283 e. The molecule has 12 heteroatoms. The summed E-state index contributed by atoms with van der Waals surface area (Å²) in [5, 5.41) is 12.1. The molecule has 0 aliphatic heterocycles. The van der Waals surface area contributed by atoms with Crippen LogP contribution in [0.25, 0.3) is 0 Å². The van der Waals surface area contributed by atoms with Crippen LogP contribution in [0.3, 0.4) is 0 Å². The van der Waals surface area contributed by atoms with Crippen LogP contribution in [-0.2, 0) is 17.1 Å². The average Bonchev–Trinajstić information content (AvgIpc) is 2.80. The van der Waals surface area contributed by atoms with Gasteiger partial charge >= 0.3 is 0 Å². The van der Waals surface area contributed by atoms with Crippen LogP contribution in [0.2, 0.25) is 10.0 Å². The summed E-state index contributed by atoms with van der Waals surface area (Å²) in [4.78, 5) is 14.1. The number of nitrogens with two attached hydrogens (primary N) is 1. The first kappa shape index (κ1) is 33.2. The molecular weight excluding hydrogens is 734 g/mol. The van der Waals surface area contributed by atoms with E-state index < -0.39 is 4.92 Å². The summed E-state index contributed by atoms with van der Waals surface area (Å²) in [6, 6.07) is 25.7. The van der Waals surface area contributed by atoms with Crippen LogP contribution in [0.15, 0.2) is 113 Å². The number of hydrogen-bond acceptors (Lipinski definition) is 5. The van der Waals surface area contributed by atoms with Crippen molar-refractivity contribution in [3.63, 3.8) is 0 Å². The Morgan fingerprint density at radius 2 is 1.14 bits per heavy atom.